The zero-order valence-corrected chi connectivity index (χ0v) is 9.34. The topological polar surface area (TPSA) is 88.8 Å². The molecular formula is C11H13NO5. The number of hydrogen-bond donors (Lipinski definition) is 2. The number of aromatic nitrogens is 1. The van der Waals surface area contributed by atoms with Crippen LogP contribution in [0.3, 0.4) is 0 Å². The van der Waals surface area contributed by atoms with Crippen LogP contribution in [0.25, 0.3) is 0 Å². The first kappa shape index (κ1) is 11.7. The number of carboxylic acid groups (broad SMARTS) is 1. The number of pyridine rings is 1. The summed E-state index contributed by atoms with van der Waals surface area (Å²) in [6, 6.07) is 0.924. The van der Waals surface area contributed by atoms with E-state index in [1.165, 1.54) is 10.8 Å². The third-order valence-electron chi connectivity index (χ3n) is 3.04. The van der Waals surface area contributed by atoms with Gasteiger partial charge < -0.3 is 19.5 Å². The molecule has 6 heteroatoms. The van der Waals surface area contributed by atoms with Gasteiger partial charge in [0.05, 0.1) is 12.1 Å². The molecule has 1 fully saturated rings. The third-order valence-corrected chi connectivity index (χ3v) is 3.04. The average molecular weight is 239 g/mol. The molecule has 6 nitrogen and oxygen atoms in total. The first-order valence-electron chi connectivity index (χ1n) is 5.21. The second-order valence-corrected chi connectivity index (χ2v) is 4.39. The van der Waals surface area contributed by atoms with Gasteiger partial charge in [-0.05, 0) is 13.3 Å². The summed E-state index contributed by atoms with van der Waals surface area (Å²) in [4.78, 5) is 22.7. The largest absolute Gasteiger partial charge is 0.507 e. The van der Waals surface area contributed by atoms with E-state index in [-0.39, 0.29) is 5.56 Å². The number of carboxylic acids is 1. The van der Waals surface area contributed by atoms with Crippen LogP contribution in [0.5, 0.6) is 5.75 Å². The van der Waals surface area contributed by atoms with E-state index in [1.54, 1.807) is 0 Å². The van der Waals surface area contributed by atoms with Gasteiger partial charge in [-0.25, -0.2) is 4.79 Å². The lowest BCUT2D eigenvalue weighted by Crippen LogP contribution is -2.39. The Kier molecular flexibility index (Phi) is 2.66. The number of carbonyl (C=O) groups is 1. The van der Waals surface area contributed by atoms with Crippen LogP contribution in [0.4, 0.5) is 0 Å². The Morgan fingerprint density at radius 1 is 1.59 bits per heavy atom. The molecule has 0 spiro atoms. The van der Waals surface area contributed by atoms with Gasteiger partial charge >= 0.3 is 5.97 Å². The summed E-state index contributed by atoms with van der Waals surface area (Å²) in [7, 11) is 0. The van der Waals surface area contributed by atoms with Crippen LogP contribution in [-0.4, -0.2) is 34.0 Å². The van der Waals surface area contributed by atoms with Crippen molar-refractivity contribution in [2.45, 2.75) is 18.9 Å². The molecule has 2 rings (SSSR count). The van der Waals surface area contributed by atoms with Crippen LogP contribution >= 0.6 is 0 Å². The van der Waals surface area contributed by atoms with E-state index < -0.39 is 22.8 Å². The van der Waals surface area contributed by atoms with Gasteiger partial charge in [0.2, 0.25) is 0 Å². The van der Waals surface area contributed by atoms with Crippen LogP contribution < -0.4 is 5.56 Å². The first-order valence-corrected chi connectivity index (χ1v) is 5.21. The standard InChI is InChI=1S/C11H13NO5/c1-11(2-3-17-6-11)12-5-7(10(15)16)8(13)4-9(12)14/h4-5,13H,2-3,6H2,1H3,(H,15,16). The van der Waals surface area contributed by atoms with Crippen molar-refractivity contribution < 1.29 is 19.7 Å². The first-order chi connectivity index (χ1) is 7.94. The van der Waals surface area contributed by atoms with Gasteiger partial charge in [0.1, 0.15) is 11.3 Å². The predicted octanol–water partition coefficient (Wildman–Crippen LogP) is 0.388. The molecule has 1 aromatic heterocycles. The molecule has 1 aromatic rings. The smallest absolute Gasteiger partial charge is 0.340 e. The number of ether oxygens (including phenoxy) is 1. The second kappa shape index (κ2) is 3.89. The molecule has 1 unspecified atom stereocenters. The van der Waals surface area contributed by atoms with Gasteiger partial charge in [-0.2, -0.15) is 0 Å². The summed E-state index contributed by atoms with van der Waals surface area (Å²) >= 11 is 0. The van der Waals surface area contributed by atoms with Gasteiger partial charge in [-0.3, -0.25) is 4.79 Å². The maximum atomic E-state index is 11.8. The van der Waals surface area contributed by atoms with Crippen LogP contribution in [0, 0.1) is 0 Å². The van der Waals surface area contributed by atoms with E-state index in [1.807, 2.05) is 6.92 Å². The summed E-state index contributed by atoms with van der Waals surface area (Å²) in [5.41, 5.74) is -1.26. The van der Waals surface area contributed by atoms with E-state index in [2.05, 4.69) is 0 Å². The molecule has 0 bridgehead atoms. The minimum absolute atomic E-state index is 0.280. The molecular weight excluding hydrogens is 226 g/mol. The maximum absolute atomic E-state index is 11.8. The molecule has 1 atom stereocenters. The van der Waals surface area contributed by atoms with Crippen molar-refractivity contribution in [1.82, 2.24) is 4.57 Å². The average Bonchev–Trinajstić information content (AvgIpc) is 2.65. The lowest BCUT2D eigenvalue weighted by atomic mass is 10.0. The van der Waals surface area contributed by atoms with Crippen molar-refractivity contribution in [3.05, 3.63) is 28.2 Å². The monoisotopic (exact) mass is 239 g/mol. The highest BCUT2D eigenvalue weighted by atomic mass is 16.5. The molecule has 0 aromatic carbocycles. The molecule has 0 saturated carbocycles. The molecule has 0 aliphatic carbocycles. The maximum Gasteiger partial charge on any atom is 0.340 e. The summed E-state index contributed by atoms with van der Waals surface area (Å²) in [6.45, 7) is 2.72. The molecule has 92 valence electrons. The number of nitrogens with zero attached hydrogens (tertiary/aromatic N) is 1. The minimum Gasteiger partial charge on any atom is -0.507 e. The summed E-state index contributed by atoms with van der Waals surface area (Å²) in [6.07, 6.45) is 1.81. The van der Waals surface area contributed by atoms with Crippen LogP contribution in [-0.2, 0) is 10.3 Å². The van der Waals surface area contributed by atoms with Gasteiger partial charge in [-0.1, -0.05) is 0 Å². The van der Waals surface area contributed by atoms with E-state index in [4.69, 9.17) is 9.84 Å². The molecule has 1 aliphatic rings. The Hall–Kier alpha value is -1.82. The van der Waals surface area contributed by atoms with Crippen molar-refractivity contribution in [3.63, 3.8) is 0 Å². The van der Waals surface area contributed by atoms with Crippen molar-refractivity contribution in [2.75, 3.05) is 13.2 Å². The molecule has 0 radical (unpaired) electrons. The SMILES string of the molecule is CC1(n2cc(C(=O)O)c(O)cc2=O)CCOC1. The van der Waals surface area contributed by atoms with Crippen molar-refractivity contribution in [2.24, 2.45) is 0 Å². The van der Waals surface area contributed by atoms with Gasteiger partial charge in [0, 0.05) is 18.9 Å². The van der Waals surface area contributed by atoms with Crippen molar-refractivity contribution in [1.29, 1.82) is 0 Å². The van der Waals surface area contributed by atoms with E-state index in [0.29, 0.717) is 19.6 Å². The molecule has 1 aliphatic heterocycles. The fourth-order valence-electron chi connectivity index (χ4n) is 1.96. The lowest BCUT2D eigenvalue weighted by Gasteiger charge is -2.25. The Morgan fingerprint density at radius 3 is 2.82 bits per heavy atom. The normalized spacial score (nSPS) is 23.8. The Labute approximate surface area is 97.1 Å². The van der Waals surface area contributed by atoms with Crippen molar-refractivity contribution in [3.8, 4) is 5.75 Å². The van der Waals surface area contributed by atoms with Crippen molar-refractivity contribution >= 4 is 5.97 Å². The Morgan fingerprint density at radius 2 is 2.29 bits per heavy atom. The quantitative estimate of drug-likeness (QED) is 0.779. The zero-order chi connectivity index (χ0) is 12.6. The summed E-state index contributed by atoms with van der Waals surface area (Å²) < 4.78 is 6.55. The predicted molar refractivity (Wildman–Crippen MR) is 58.4 cm³/mol. The molecule has 1 saturated heterocycles. The summed E-state index contributed by atoms with van der Waals surface area (Å²) in [5.74, 6) is -1.78. The van der Waals surface area contributed by atoms with E-state index in [9.17, 15) is 14.7 Å². The molecule has 2 heterocycles. The number of aromatic carboxylic acids is 1. The lowest BCUT2D eigenvalue weighted by molar-refractivity contribution is 0.0691. The number of aromatic hydroxyl groups is 1. The third kappa shape index (κ3) is 1.91. The highest BCUT2D eigenvalue weighted by Gasteiger charge is 2.33. The fourth-order valence-corrected chi connectivity index (χ4v) is 1.96. The van der Waals surface area contributed by atoms with Crippen LogP contribution in [0.2, 0.25) is 0 Å². The molecule has 17 heavy (non-hydrogen) atoms. The van der Waals surface area contributed by atoms with Crippen LogP contribution in [0.15, 0.2) is 17.1 Å². The van der Waals surface area contributed by atoms with E-state index in [0.717, 1.165) is 6.07 Å². The number of rotatable bonds is 2. The van der Waals surface area contributed by atoms with E-state index >= 15 is 0 Å². The molecule has 2 N–H and O–H groups in total. The minimum atomic E-state index is -1.27. The van der Waals surface area contributed by atoms with Gasteiger partial charge in [0.25, 0.3) is 5.56 Å². The van der Waals surface area contributed by atoms with Gasteiger partial charge in [-0.15, -0.1) is 0 Å². The highest BCUT2D eigenvalue weighted by Crippen LogP contribution is 2.26. The Balaban J connectivity index is 2.58. The second-order valence-electron chi connectivity index (χ2n) is 4.39. The Bertz CT molecular complexity index is 513. The highest BCUT2D eigenvalue weighted by molar-refractivity contribution is 5.90. The molecule has 0 amide bonds. The number of hydrogen-bond acceptors (Lipinski definition) is 4. The van der Waals surface area contributed by atoms with Gasteiger partial charge in [0.15, 0.2) is 0 Å². The van der Waals surface area contributed by atoms with Crippen LogP contribution in [0.1, 0.15) is 23.7 Å². The summed E-state index contributed by atoms with van der Waals surface area (Å²) in [5, 5.41) is 18.3. The zero-order valence-electron chi connectivity index (χ0n) is 9.34. The fraction of sp³-hybridized carbons (Fsp3) is 0.455.